The third kappa shape index (κ3) is 7.71. The molecule has 0 spiro atoms. The summed E-state index contributed by atoms with van der Waals surface area (Å²) in [7, 11) is 0. The smallest absolute Gasteiger partial charge is 0.349 e. The molecule has 192 valence electrons. The van der Waals surface area contributed by atoms with Crippen LogP contribution in [0.1, 0.15) is 31.8 Å². The highest BCUT2D eigenvalue weighted by Gasteiger charge is 2.22. The van der Waals surface area contributed by atoms with Gasteiger partial charge in [-0.25, -0.2) is 19.2 Å². The molecule has 0 aliphatic heterocycles. The number of para-hydroxylation sites is 2. The standard InChI is InChI=1S/C32H22O7/c33-29(21-19-23-11-3-1-4-12-23)37-27-17-9-7-15-25(27)31(35)39-32(36)26-16-8-10-18-28(26)38-30(34)22-20-24-13-5-2-6-14-24/h1-22H. The lowest BCUT2D eigenvalue weighted by Gasteiger charge is -2.10. The van der Waals surface area contributed by atoms with Gasteiger partial charge in [-0.1, -0.05) is 84.9 Å². The quantitative estimate of drug-likeness (QED) is 0.124. The average molecular weight is 519 g/mol. The predicted octanol–water partition coefficient (Wildman–Crippen LogP) is 5.92. The highest BCUT2D eigenvalue weighted by molar-refractivity contribution is 6.05. The van der Waals surface area contributed by atoms with E-state index in [9.17, 15) is 19.2 Å². The van der Waals surface area contributed by atoms with Crippen molar-refractivity contribution in [2.75, 3.05) is 0 Å². The van der Waals surface area contributed by atoms with E-state index >= 15 is 0 Å². The van der Waals surface area contributed by atoms with Gasteiger partial charge in [-0.3, -0.25) is 0 Å². The Balaban J connectivity index is 1.43. The fourth-order valence-electron chi connectivity index (χ4n) is 3.38. The van der Waals surface area contributed by atoms with Crippen LogP contribution in [-0.2, 0) is 14.3 Å². The van der Waals surface area contributed by atoms with Gasteiger partial charge in [0.05, 0.1) is 0 Å². The summed E-state index contributed by atoms with van der Waals surface area (Å²) < 4.78 is 15.6. The van der Waals surface area contributed by atoms with Gasteiger partial charge in [0.2, 0.25) is 0 Å². The number of hydrogen-bond acceptors (Lipinski definition) is 7. The highest BCUT2D eigenvalue weighted by atomic mass is 16.6. The second-order valence-corrected chi connectivity index (χ2v) is 8.00. The van der Waals surface area contributed by atoms with Gasteiger partial charge in [0.1, 0.15) is 22.6 Å². The Bertz CT molecular complexity index is 1420. The molecule has 0 aromatic heterocycles. The minimum atomic E-state index is -1.04. The fraction of sp³-hybridized carbons (Fsp3) is 0. The molecule has 0 saturated carbocycles. The van der Waals surface area contributed by atoms with Crippen LogP contribution in [0.4, 0.5) is 0 Å². The Kier molecular flexibility index (Phi) is 8.91. The van der Waals surface area contributed by atoms with Crippen LogP contribution >= 0.6 is 0 Å². The summed E-state index contributed by atoms with van der Waals surface area (Å²) in [5, 5.41) is 0. The first kappa shape index (κ1) is 26.5. The van der Waals surface area contributed by atoms with E-state index in [1.54, 1.807) is 24.3 Å². The van der Waals surface area contributed by atoms with E-state index in [4.69, 9.17) is 14.2 Å². The maximum Gasteiger partial charge on any atom is 0.349 e. The average Bonchev–Trinajstić information content (AvgIpc) is 2.96. The van der Waals surface area contributed by atoms with Gasteiger partial charge < -0.3 is 14.2 Å². The van der Waals surface area contributed by atoms with Crippen molar-refractivity contribution in [3.05, 3.63) is 144 Å². The van der Waals surface area contributed by atoms with Gasteiger partial charge in [-0.15, -0.1) is 0 Å². The van der Waals surface area contributed by atoms with Crippen LogP contribution in [0.2, 0.25) is 0 Å². The van der Waals surface area contributed by atoms with E-state index in [-0.39, 0.29) is 22.6 Å². The molecule has 0 N–H and O–H groups in total. The van der Waals surface area contributed by atoms with Crippen LogP contribution in [0.5, 0.6) is 11.5 Å². The van der Waals surface area contributed by atoms with Crippen molar-refractivity contribution in [1.82, 2.24) is 0 Å². The lowest BCUT2D eigenvalue weighted by atomic mass is 10.2. The van der Waals surface area contributed by atoms with E-state index in [1.807, 2.05) is 60.7 Å². The molecule has 0 bridgehead atoms. The van der Waals surface area contributed by atoms with Gasteiger partial charge in [-0.05, 0) is 47.5 Å². The highest BCUT2D eigenvalue weighted by Crippen LogP contribution is 2.23. The normalized spacial score (nSPS) is 10.8. The SMILES string of the molecule is O=C(C=Cc1ccccc1)Oc1ccccc1C(=O)OC(=O)c1ccccc1OC(=O)C=Cc1ccccc1. The van der Waals surface area contributed by atoms with Crippen LogP contribution in [0.3, 0.4) is 0 Å². The molecule has 0 amide bonds. The minimum absolute atomic E-state index is 0.0798. The molecular formula is C32H22O7. The maximum atomic E-state index is 12.8. The predicted molar refractivity (Wildman–Crippen MR) is 145 cm³/mol. The molecule has 4 rings (SSSR count). The van der Waals surface area contributed by atoms with Crippen LogP contribution in [-0.4, -0.2) is 23.9 Å². The summed E-state index contributed by atoms with van der Waals surface area (Å²) in [5.74, 6) is -3.67. The Hall–Kier alpha value is -5.56. The molecule has 0 radical (unpaired) electrons. The summed E-state index contributed by atoms with van der Waals surface area (Å²) in [6, 6.07) is 30.0. The third-order valence-electron chi connectivity index (χ3n) is 5.24. The van der Waals surface area contributed by atoms with Crippen LogP contribution in [0, 0.1) is 0 Å². The van der Waals surface area contributed by atoms with Crippen LogP contribution < -0.4 is 9.47 Å². The first-order chi connectivity index (χ1) is 19.0. The summed E-state index contributed by atoms with van der Waals surface area (Å²) in [6.07, 6.45) is 5.58. The van der Waals surface area contributed by atoms with Crippen molar-refractivity contribution >= 4 is 36.0 Å². The molecule has 4 aromatic carbocycles. The molecule has 0 aliphatic carbocycles. The van der Waals surface area contributed by atoms with E-state index in [1.165, 1.54) is 48.6 Å². The first-order valence-electron chi connectivity index (χ1n) is 11.8. The number of benzene rings is 4. The number of esters is 4. The second kappa shape index (κ2) is 13.1. The number of carbonyl (C=O) groups is 4. The Morgan fingerprint density at radius 2 is 0.821 bits per heavy atom. The molecule has 0 fully saturated rings. The molecule has 0 unspecified atom stereocenters. The maximum absolute atomic E-state index is 12.8. The van der Waals surface area contributed by atoms with Gasteiger partial charge in [0, 0.05) is 12.2 Å². The molecule has 0 heterocycles. The molecular weight excluding hydrogens is 496 g/mol. The van der Waals surface area contributed by atoms with Crippen molar-refractivity contribution in [2.45, 2.75) is 0 Å². The van der Waals surface area contributed by atoms with Crippen molar-refractivity contribution in [2.24, 2.45) is 0 Å². The Morgan fingerprint density at radius 3 is 1.23 bits per heavy atom. The zero-order chi connectivity index (χ0) is 27.5. The molecule has 7 heteroatoms. The van der Waals surface area contributed by atoms with Crippen LogP contribution in [0.15, 0.2) is 121 Å². The summed E-state index contributed by atoms with van der Waals surface area (Å²) in [6.45, 7) is 0. The lowest BCUT2D eigenvalue weighted by Crippen LogP contribution is -2.16. The number of hydrogen-bond donors (Lipinski definition) is 0. The van der Waals surface area contributed by atoms with Gasteiger partial charge >= 0.3 is 23.9 Å². The molecule has 7 nitrogen and oxygen atoms in total. The molecule has 0 atom stereocenters. The van der Waals surface area contributed by atoms with Crippen molar-refractivity contribution in [1.29, 1.82) is 0 Å². The Labute approximate surface area is 224 Å². The molecule has 0 aliphatic rings. The Morgan fingerprint density at radius 1 is 0.462 bits per heavy atom. The molecule has 4 aromatic rings. The fourth-order valence-corrected chi connectivity index (χ4v) is 3.38. The van der Waals surface area contributed by atoms with E-state index in [0.29, 0.717) is 0 Å². The lowest BCUT2D eigenvalue weighted by molar-refractivity contribution is -0.129. The van der Waals surface area contributed by atoms with Gasteiger partial charge in [0.15, 0.2) is 0 Å². The minimum Gasteiger partial charge on any atom is -0.422 e. The van der Waals surface area contributed by atoms with E-state index < -0.39 is 23.9 Å². The van der Waals surface area contributed by atoms with Gasteiger partial charge in [0.25, 0.3) is 0 Å². The summed E-state index contributed by atoms with van der Waals surface area (Å²) >= 11 is 0. The van der Waals surface area contributed by atoms with Crippen LogP contribution in [0.25, 0.3) is 12.2 Å². The molecule has 39 heavy (non-hydrogen) atoms. The number of ether oxygens (including phenoxy) is 3. The van der Waals surface area contributed by atoms with E-state index in [0.717, 1.165) is 11.1 Å². The third-order valence-corrected chi connectivity index (χ3v) is 5.24. The van der Waals surface area contributed by atoms with Crippen molar-refractivity contribution < 1.29 is 33.4 Å². The summed E-state index contributed by atoms with van der Waals surface area (Å²) in [5.41, 5.74) is 1.32. The van der Waals surface area contributed by atoms with Crippen molar-refractivity contribution in [3.8, 4) is 11.5 Å². The van der Waals surface area contributed by atoms with Crippen molar-refractivity contribution in [3.63, 3.8) is 0 Å². The van der Waals surface area contributed by atoms with E-state index in [2.05, 4.69) is 0 Å². The monoisotopic (exact) mass is 518 g/mol. The first-order valence-corrected chi connectivity index (χ1v) is 11.8. The second-order valence-electron chi connectivity index (χ2n) is 8.00. The number of rotatable bonds is 8. The van der Waals surface area contributed by atoms with Gasteiger partial charge in [-0.2, -0.15) is 0 Å². The summed E-state index contributed by atoms with van der Waals surface area (Å²) in [4.78, 5) is 50.3. The number of carbonyl (C=O) groups excluding carboxylic acids is 4. The topological polar surface area (TPSA) is 96.0 Å². The zero-order valence-electron chi connectivity index (χ0n) is 20.6. The zero-order valence-corrected chi connectivity index (χ0v) is 20.6. The molecule has 0 saturated heterocycles. The largest absolute Gasteiger partial charge is 0.422 e.